The molecule has 0 amide bonds. The highest BCUT2D eigenvalue weighted by molar-refractivity contribution is 5.35. The Morgan fingerprint density at radius 1 is 1.18 bits per heavy atom. The third kappa shape index (κ3) is 5.22. The van der Waals surface area contributed by atoms with Crippen LogP contribution in [-0.4, -0.2) is 19.7 Å². The van der Waals surface area contributed by atoms with E-state index in [1.807, 2.05) is 6.07 Å². The summed E-state index contributed by atoms with van der Waals surface area (Å²) in [4.78, 5) is 0. The highest BCUT2D eigenvalue weighted by Gasteiger charge is 2.05. The Morgan fingerprint density at radius 3 is 2.65 bits per heavy atom. The van der Waals surface area contributed by atoms with Crippen LogP contribution in [-0.2, 0) is 0 Å². The van der Waals surface area contributed by atoms with Gasteiger partial charge in [0, 0.05) is 0 Å². The number of para-hydroxylation sites is 1. The third-order valence-corrected chi connectivity index (χ3v) is 2.80. The van der Waals surface area contributed by atoms with Crippen LogP contribution < -0.4 is 10.1 Å². The normalized spacial score (nSPS) is 10.8. The summed E-state index contributed by atoms with van der Waals surface area (Å²) in [5.74, 6) is 1.57. The van der Waals surface area contributed by atoms with Crippen LogP contribution in [0.5, 0.6) is 5.75 Å². The second-order valence-electron chi connectivity index (χ2n) is 4.60. The van der Waals surface area contributed by atoms with E-state index in [4.69, 9.17) is 4.74 Å². The molecule has 0 radical (unpaired) electrons. The molecule has 0 heterocycles. The minimum atomic E-state index is 0.521. The van der Waals surface area contributed by atoms with Crippen LogP contribution in [0.3, 0.4) is 0 Å². The zero-order valence-corrected chi connectivity index (χ0v) is 11.3. The molecule has 96 valence electrons. The Hall–Kier alpha value is -1.02. The molecule has 0 saturated heterocycles. The Balaban J connectivity index is 2.31. The molecule has 2 heteroatoms. The summed E-state index contributed by atoms with van der Waals surface area (Å²) < 4.78 is 5.85. The van der Waals surface area contributed by atoms with Crippen LogP contribution in [0.4, 0.5) is 0 Å². The molecule has 0 atom stereocenters. The Bertz CT molecular complexity index is 310. The van der Waals surface area contributed by atoms with Crippen molar-refractivity contribution < 1.29 is 4.74 Å². The first-order valence-corrected chi connectivity index (χ1v) is 6.68. The molecule has 17 heavy (non-hydrogen) atoms. The molecule has 1 aromatic rings. The Labute approximate surface area is 105 Å². The van der Waals surface area contributed by atoms with Gasteiger partial charge in [0.2, 0.25) is 0 Å². The second kappa shape index (κ2) is 8.13. The number of hydrogen-bond acceptors (Lipinski definition) is 2. The minimum absolute atomic E-state index is 0.521. The van der Waals surface area contributed by atoms with Crippen molar-refractivity contribution in [2.45, 2.75) is 39.5 Å². The van der Waals surface area contributed by atoms with Crippen molar-refractivity contribution in [1.29, 1.82) is 0 Å². The van der Waals surface area contributed by atoms with Crippen molar-refractivity contribution in [2.75, 3.05) is 19.7 Å². The Morgan fingerprint density at radius 2 is 1.94 bits per heavy atom. The van der Waals surface area contributed by atoms with E-state index in [0.717, 1.165) is 31.9 Å². The highest BCUT2D eigenvalue weighted by Crippen LogP contribution is 2.25. The maximum Gasteiger partial charge on any atom is 0.122 e. The quantitative estimate of drug-likeness (QED) is 0.695. The molecule has 0 spiro atoms. The predicted molar refractivity (Wildman–Crippen MR) is 73.8 cm³/mol. The van der Waals surface area contributed by atoms with Gasteiger partial charge in [0.25, 0.3) is 0 Å². The van der Waals surface area contributed by atoms with Crippen LogP contribution in [0.15, 0.2) is 24.3 Å². The predicted octanol–water partition coefficient (Wildman–Crippen LogP) is 3.58. The van der Waals surface area contributed by atoms with E-state index in [1.54, 1.807) is 0 Å². The summed E-state index contributed by atoms with van der Waals surface area (Å²) in [5.41, 5.74) is 1.30. The molecule has 0 unspecified atom stereocenters. The molecule has 1 N–H and O–H groups in total. The van der Waals surface area contributed by atoms with Gasteiger partial charge < -0.3 is 10.1 Å². The summed E-state index contributed by atoms with van der Waals surface area (Å²) in [6, 6.07) is 8.34. The number of nitrogens with one attached hydrogen (secondary N) is 1. The summed E-state index contributed by atoms with van der Waals surface area (Å²) >= 11 is 0. The van der Waals surface area contributed by atoms with Gasteiger partial charge in [0.05, 0.1) is 6.61 Å². The number of benzene rings is 1. The lowest BCUT2D eigenvalue weighted by atomic mass is 10.0. The molecular weight excluding hydrogens is 210 g/mol. The van der Waals surface area contributed by atoms with Gasteiger partial charge in [-0.15, -0.1) is 0 Å². The summed E-state index contributed by atoms with van der Waals surface area (Å²) in [5, 5.41) is 3.32. The van der Waals surface area contributed by atoms with E-state index < -0.39 is 0 Å². The van der Waals surface area contributed by atoms with Crippen molar-refractivity contribution in [3.63, 3.8) is 0 Å². The lowest BCUT2D eigenvalue weighted by molar-refractivity contribution is 0.302. The smallest absolute Gasteiger partial charge is 0.122 e. The van der Waals surface area contributed by atoms with E-state index in [9.17, 15) is 0 Å². The SMILES string of the molecule is CCNCCCCOc1ccccc1C(C)C. The number of hydrogen-bond donors (Lipinski definition) is 1. The van der Waals surface area contributed by atoms with Gasteiger partial charge in [0.1, 0.15) is 5.75 Å². The average molecular weight is 235 g/mol. The maximum atomic E-state index is 5.85. The van der Waals surface area contributed by atoms with Gasteiger partial charge in [-0.1, -0.05) is 39.0 Å². The first-order chi connectivity index (χ1) is 8.25. The van der Waals surface area contributed by atoms with Crippen molar-refractivity contribution >= 4 is 0 Å². The van der Waals surface area contributed by atoms with E-state index in [-0.39, 0.29) is 0 Å². The van der Waals surface area contributed by atoms with E-state index in [2.05, 4.69) is 44.3 Å². The molecule has 1 aromatic carbocycles. The first kappa shape index (κ1) is 14.0. The summed E-state index contributed by atoms with van der Waals surface area (Å²) in [7, 11) is 0. The molecule has 0 aliphatic heterocycles. The van der Waals surface area contributed by atoms with Crippen molar-refractivity contribution in [3.8, 4) is 5.75 Å². The minimum Gasteiger partial charge on any atom is -0.493 e. The maximum absolute atomic E-state index is 5.85. The molecule has 0 bridgehead atoms. The molecule has 0 aliphatic rings. The zero-order valence-electron chi connectivity index (χ0n) is 11.3. The average Bonchev–Trinajstić information content (AvgIpc) is 2.34. The van der Waals surface area contributed by atoms with Crippen LogP contribution in [0.25, 0.3) is 0 Å². The number of rotatable bonds is 8. The molecule has 0 aliphatic carbocycles. The largest absolute Gasteiger partial charge is 0.493 e. The zero-order chi connectivity index (χ0) is 12.5. The van der Waals surface area contributed by atoms with Crippen molar-refractivity contribution in [1.82, 2.24) is 5.32 Å². The van der Waals surface area contributed by atoms with Gasteiger partial charge in [-0.25, -0.2) is 0 Å². The molecule has 0 fully saturated rings. The van der Waals surface area contributed by atoms with Crippen molar-refractivity contribution in [3.05, 3.63) is 29.8 Å². The van der Waals surface area contributed by atoms with Crippen LogP contribution in [0.2, 0.25) is 0 Å². The second-order valence-corrected chi connectivity index (χ2v) is 4.60. The molecule has 0 aromatic heterocycles. The van der Waals surface area contributed by atoms with E-state index in [1.165, 1.54) is 12.0 Å². The van der Waals surface area contributed by atoms with E-state index >= 15 is 0 Å². The topological polar surface area (TPSA) is 21.3 Å². The van der Waals surface area contributed by atoms with Gasteiger partial charge in [-0.05, 0) is 43.5 Å². The third-order valence-electron chi connectivity index (χ3n) is 2.80. The molecule has 0 saturated carbocycles. The Kier molecular flexibility index (Phi) is 6.71. The molecular formula is C15H25NO. The summed E-state index contributed by atoms with van der Waals surface area (Å²) in [6.07, 6.45) is 2.29. The molecule has 1 rings (SSSR count). The fourth-order valence-electron chi connectivity index (χ4n) is 1.80. The lowest BCUT2D eigenvalue weighted by Crippen LogP contribution is -2.14. The number of ether oxygens (including phenoxy) is 1. The lowest BCUT2D eigenvalue weighted by Gasteiger charge is -2.13. The van der Waals surface area contributed by atoms with Crippen LogP contribution in [0.1, 0.15) is 45.1 Å². The standard InChI is InChI=1S/C15H25NO/c1-4-16-11-7-8-12-17-15-10-6-5-9-14(15)13(2)3/h5-6,9-10,13,16H,4,7-8,11-12H2,1-3H3. The highest BCUT2D eigenvalue weighted by atomic mass is 16.5. The summed E-state index contributed by atoms with van der Waals surface area (Å²) in [6.45, 7) is 9.49. The van der Waals surface area contributed by atoms with Crippen LogP contribution in [0, 0.1) is 0 Å². The molecule has 2 nitrogen and oxygen atoms in total. The van der Waals surface area contributed by atoms with Crippen molar-refractivity contribution in [2.24, 2.45) is 0 Å². The van der Waals surface area contributed by atoms with Gasteiger partial charge >= 0.3 is 0 Å². The fraction of sp³-hybridized carbons (Fsp3) is 0.600. The fourth-order valence-corrected chi connectivity index (χ4v) is 1.80. The monoisotopic (exact) mass is 235 g/mol. The van der Waals surface area contributed by atoms with Crippen LogP contribution >= 0.6 is 0 Å². The number of unbranched alkanes of at least 4 members (excludes halogenated alkanes) is 1. The van der Waals surface area contributed by atoms with Gasteiger partial charge in [-0.3, -0.25) is 0 Å². The first-order valence-electron chi connectivity index (χ1n) is 6.68. The van der Waals surface area contributed by atoms with Gasteiger partial charge in [0.15, 0.2) is 0 Å². The van der Waals surface area contributed by atoms with E-state index in [0.29, 0.717) is 5.92 Å². The van der Waals surface area contributed by atoms with Gasteiger partial charge in [-0.2, -0.15) is 0 Å².